The minimum absolute atomic E-state index is 0.0995. The van der Waals surface area contributed by atoms with E-state index in [0.29, 0.717) is 30.2 Å². The summed E-state index contributed by atoms with van der Waals surface area (Å²) < 4.78 is 54.0. The molecule has 36 heavy (non-hydrogen) atoms. The molecule has 3 aromatic rings. The summed E-state index contributed by atoms with van der Waals surface area (Å²) in [6, 6.07) is 8.00. The quantitative estimate of drug-likeness (QED) is 0.480. The maximum absolute atomic E-state index is 13.7. The molecule has 2 aromatic heterocycles. The number of benzene rings is 1. The van der Waals surface area contributed by atoms with Crippen molar-refractivity contribution in [3.05, 3.63) is 59.0 Å². The van der Waals surface area contributed by atoms with Crippen molar-refractivity contribution in [3.63, 3.8) is 0 Å². The molecule has 3 heterocycles. The van der Waals surface area contributed by atoms with E-state index < -0.39 is 23.5 Å². The molecule has 13 heteroatoms. The molecule has 1 aliphatic heterocycles. The van der Waals surface area contributed by atoms with Gasteiger partial charge in [-0.05, 0) is 30.3 Å². The fraction of sp³-hybridized carbons (Fsp3) is 0.304. The van der Waals surface area contributed by atoms with Gasteiger partial charge in [0.15, 0.2) is 0 Å². The summed E-state index contributed by atoms with van der Waals surface area (Å²) in [5.74, 6) is -1.23. The first kappa shape index (κ1) is 25.4. The Labute approximate surface area is 208 Å². The molecule has 1 N–H and O–H groups in total. The second-order valence-corrected chi connectivity index (χ2v) is 8.54. The third kappa shape index (κ3) is 5.59. The zero-order valence-electron chi connectivity index (χ0n) is 19.0. The van der Waals surface area contributed by atoms with Crippen molar-refractivity contribution in [2.24, 2.45) is 0 Å². The molecule has 0 saturated carbocycles. The van der Waals surface area contributed by atoms with Crippen LogP contribution in [-0.2, 0) is 11.0 Å². The monoisotopic (exact) mass is 524 g/mol. The topological polar surface area (TPSA) is 85.7 Å². The van der Waals surface area contributed by atoms with Crippen molar-refractivity contribution in [2.45, 2.75) is 6.18 Å². The molecule has 0 atom stereocenters. The molecule has 190 valence electrons. The molecule has 1 fully saturated rings. The van der Waals surface area contributed by atoms with Gasteiger partial charge in [0.1, 0.15) is 24.0 Å². The molecule has 0 aliphatic carbocycles. The normalized spacial score (nSPS) is 14.2. The van der Waals surface area contributed by atoms with E-state index in [1.165, 1.54) is 42.4 Å². The van der Waals surface area contributed by atoms with Crippen LogP contribution in [0.25, 0.3) is 11.3 Å². The highest BCUT2D eigenvalue weighted by Gasteiger charge is 2.36. The maximum Gasteiger partial charge on any atom is 0.419 e. The van der Waals surface area contributed by atoms with Crippen molar-refractivity contribution >= 4 is 35.2 Å². The third-order valence-electron chi connectivity index (χ3n) is 5.63. The van der Waals surface area contributed by atoms with Gasteiger partial charge in [0.05, 0.1) is 16.3 Å². The van der Waals surface area contributed by atoms with E-state index in [0.717, 1.165) is 6.07 Å². The Morgan fingerprint density at radius 1 is 1.11 bits per heavy atom. The van der Waals surface area contributed by atoms with Crippen molar-refractivity contribution in [3.8, 4) is 11.3 Å². The van der Waals surface area contributed by atoms with Crippen LogP contribution in [0.4, 0.5) is 35.1 Å². The standard InChI is InChI=1S/C23H21ClF4N6O2/c1-32(13-20(35)36)22-30-18(14-4-5-17(25)16(24)11-14)12-19(31-22)33-7-9-34(10-8-33)21-15(23(26,27)28)3-2-6-29-21/h2-6,11-12H,7-10,13H2,1H3,(H,35,36). The van der Waals surface area contributed by atoms with Crippen LogP contribution in [-0.4, -0.2) is 65.8 Å². The number of aromatic nitrogens is 3. The Morgan fingerprint density at radius 3 is 2.44 bits per heavy atom. The number of hydrogen-bond acceptors (Lipinski definition) is 7. The fourth-order valence-electron chi connectivity index (χ4n) is 3.85. The van der Waals surface area contributed by atoms with Crippen LogP contribution in [0.1, 0.15) is 5.56 Å². The van der Waals surface area contributed by atoms with Gasteiger partial charge in [-0.1, -0.05) is 11.6 Å². The van der Waals surface area contributed by atoms with Crippen LogP contribution < -0.4 is 14.7 Å². The Morgan fingerprint density at radius 2 is 1.81 bits per heavy atom. The van der Waals surface area contributed by atoms with Gasteiger partial charge in [-0.2, -0.15) is 18.2 Å². The fourth-order valence-corrected chi connectivity index (χ4v) is 4.03. The van der Waals surface area contributed by atoms with E-state index in [4.69, 9.17) is 11.6 Å². The van der Waals surface area contributed by atoms with Crippen LogP contribution in [0, 0.1) is 5.82 Å². The minimum Gasteiger partial charge on any atom is -0.480 e. The number of carboxylic acid groups (broad SMARTS) is 1. The largest absolute Gasteiger partial charge is 0.480 e. The van der Waals surface area contributed by atoms with E-state index in [-0.39, 0.29) is 36.4 Å². The molecule has 0 unspecified atom stereocenters. The Kier molecular flexibility index (Phi) is 7.16. The number of anilines is 3. The molecule has 0 amide bonds. The van der Waals surface area contributed by atoms with Gasteiger partial charge >= 0.3 is 12.1 Å². The number of nitrogens with zero attached hydrogens (tertiary/aromatic N) is 6. The van der Waals surface area contributed by atoms with Crippen molar-refractivity contribution < 1.29 is 27.5 Å². The van der Waals surface area contributed by atoms with E-state index >= 15 is 0 Å². The average molecular weight is 525 g/mol. The number of likely N-dealkylation sites (N-methyl/N-ethyl adjacent to an activating group) is 1. The first-order chi connectivity index (χ1) is 17.0. The van der Waals surface area contributed by atoms with E-state index in [1.54, 1.807) is 11.0 Å². The predicted octanol–water partition coefficient (Wildman–Crippen LogP) is 4.20. The summed E-state index contributed by atoms with van der Waals surface area (Å²) >= 11 is 5.93. The number of aliphatic carboxylic acids is 1. The van der Waals surface area contributed by atoms with Gasteiger partial charge in [-0.15, -0.1) is 0 Å². The number of hydrogen-bond donors (Lipinski definition) is 1. The predicted molar refractivity (Wildman–Crippen MR) is 127 cm³/mol. The number of halogens is 5. The highest BCUT2D eigenvalue weighted by Crippen LogP contribution is 2.36. The summed E-state index contributed by atoms with van der Waals surface area (Å²) in [6.45, 7) is 0.804. The number of piperazine rings is 1. The second-order valence-electron chi connectivity index (χ2n) is 8.14. The van der Waals surface area contributed by atoms with Crippen molar-refractivity contribution in [1.29, 1.82) is 0 Å². The molecule has 0 bridgehead atoms. The van der Waals surface area contributed by atoms with Crippen LogP contribution >= 0.6 is 11.6 Å². The van der Waals surface area contributed by atoms with Crippen LogP contribution in [0.2, 0.25) is 5.02 Å². The zero-order chi connectivity index (χ0) is 26.0. The lowest BCUT2D eigenvalue weighted by Crippen LogP contribution is -2.47. The molecular formula is C23H21ClF4N6O2. The summed E-state index contributed by atoms with van der Waals surface area (Å²) in [5.41, 5.74) is 0.0890. The lowest BCUT2D eigenvalue weighted by atomic mass is 10.1. The zero-order valence-corrected chi connectivity index (χ0v) is 19.8. The molecule has 4 rings (SSSR count). The Balaban J connectivity index is 1.63. The first-order valence-electron chi connectivity index (χ1n) is 10.8. The SMILES string of the molecule is CN(CC(=O)O)c1nc(-c2ccc(F)c(Cl)c2)cc(N2CCN(c3ncccc3C(F)(F)F)CC2)n1. The molecule has 1 saturated heterocycles. The maximum atomic E-state index is 13.7. The third-order valence-corrected chi connectivity index (χ3v) is 5.91. The summed E-state index contributed by atoms with van der Waals surface area (Å²) in [4.78, 5) is 28.9. The highest BCUT2D eigenvalue weighted by atomic mass is 35.5. The average Bonchev–Trinajstić information content (AvgIpc) is 2.84. The van der Waals surface area contributed by atoms with Crippen LogP contribution in [0.15, 0.2) is 42.6 Å². The first-order valence-corrected chi connectivity index (χ1v) is 11.2. The van der Waals surface area contributed by atoms with E-state index in [1.807, 2.05) is 4.90 Å². The van der Waals surface area contributed by atoms with Gasteiger partial charge < -0.3 is 19.8 Å². The number of rotatable bonds is 6. The smallest absolute Gasteiger partial charge is 0.419 e. The second kappa shape index (κ2) is 10.1. The van der Waals surface area contributed by atoms with Gasteiger partial charge in [0, 0.05) is 51.1 Å². The highest BCUT2D eigenvalue weighted by molar-refractivity contribution is 6.31. The minimum atomic E-state index is -4.53. The van der Waals surface area contributed by atoms with Gasteiger partial charge in [0.2, 0.25) is 5.95 Å². The van der Waals surface area contributed by atoms with Crippen LogP contribution in [0.5, 0.6) is 0 Å². The summed E-state index contributed by atoms with van der Waals surface area (Å²) in [7, 11) is 1.52. The molecule has 8 nitrogen and oxygen atoms in total. The van der Waals surface area contributed by atoms with E-state index in [9.17, 15) is 27.5 Å². The summed E-state index contributed by atoms with van der Waals surface area (Å²) in [6.07, 6.45) is -3.20. The molecule has 0 radical (unpaired) electrons. The number of pyridine rings is 1. The number of alkyl halides is 3. The summed E-state index contributed by atoms with van der Waals surface area (Å²) in [5, 5.41) is 9.08. The number of carbonyl (C=O) groups is 1. The van der Waals surface area contributed by atoms with Crippen molar-refractivity contribution in [1.82, 2.24) is 15.0 Å². The molecule has 0 spiro atoms. The van der Waals surface area contributed by atoms with Crippen molar-refractivity contribution in [2.75, 3.05) is 54.5 Å². The molecular weight excluding hydrogens is 504 g/mol. The number of carboxylic acids is 1. The van der Waals surface area contributed by atoms with E-state index in [2.05, 4.69) is 15.0 Å². The lowest BCUT2D eigenvalue weighted by Gasteiger charge is -2.37. The molecule has 1 aromatic carbocycles. The Bertz CT molecular complexity index is 1270. The van der Waals surface area contributed by atoms with Gasteiger partial charge in [-0.3, -0.25) is 4.79 Å². The lowest BCUT2D eigenvalue weighted by molar-refractivity contribution is -0.137. The Hall–Kier alpha value is -3.67. The van der Waals surface area contributed by atoms with Gasteiger partial charge in [-0.25, -0.2) is 14.4 Å². The molecule has 1 aliphatic rings. The van der Waals surface area contributed by atoms with Gasteiger partial charge in [0.25, 0.3) is 0 Å². The van der Waals surface area contributed by atoms with Crippen LogP contribution in [0.3, 0.4) is 0 Å².